The van der Waals surface area contributed by atoms with Crippen molar-refractivity contribution in [3.05, 3.63) is 63.7 Å². The standard InChI is InChI=1S/C24H22ClFN2O6/c1-13(23(30)28-8-7-27-20(12-28)24(31)32-2)33-15-4-6-17-18(11-22(29)34-21(17)10-15)16-5-3-14(26)9-19(16)25/h3-6,9-11,13,20,27H,7-8,12H2,1-2H3/t13-,20-/m1/s1. The Morgan fingerprint density at radius 2 is 2.00 bits per heavy atom. The van der Waals surface area contributed by atoms with Crippen molar-refractivity contribution in [1.82, 2.24) is 10.2 Å². The fourth-order valence-electron chi connectivity index (χ4n) is 3.91. The summed E-state index contributed by atoms with van der Waals surface area (Å²) >= 11 is 6.19. The Balaban J connectivity index is 1.57. The van der Waals surface area contributed by atoms with Gasteiger partial charge in [-0.15, -0.1) is 0 Å². The number of esters is 1. The fraction of sp³-hybridized carbons (Fsp3) is 0.292. The van der Waals surface area contributed by atoms with Gasteiger partial charge in [0.1, 0.15) is 23.2 Å². The van der Waals surface area contributed by atoms with E-state index in [0.29, 0.717) is 35.4 Å². The number of amides is 1. The molecule has 0 spiro atoms. The third-order valence-electron chi connectivity index (χ3n) is 5.57. The molecule has 0 saturated carbocycles. The predicted molar refractivity (Wildman–Crippen MR) is 123 cm³/mol. The van der Waals surface area contributed by atoms with E-state index < -0.39 is 29.6 Å². The summed E-state index contributed by atoms with van der Waals surface area (Å²) in [7, 11) is 1.30. The molecule has 3 aromatic rings. The Hall–Kier alpha value is -3.43. The maximum Gasteiger partial charge on any atom is 0.336 e. The minimum Gasteiger partial charge on any atom is -0.481 e. The molecule has 1 N–H and O–H groups in total. The molecule has 1 amide bonds. The van der Waals surface area contributed by atoms with Crippen molar-refractivity contribution in [3.63, 3.8) is 0 Å². The molecule has 1 aromatic heterocycles. The molecule has 1 aliphatic rings. The van der Waals surface area contributed by atoms with Gasteiger partial charge in [0.05, 0.1) is 12.1 Å². The van der Waals surface area contributed by atoms with Crippen LogP contribution < -0.4 is 15.7 Å². The first kappa shape index (κ1) is 23.7. The number of hydrogen-bond acceptors (Lipinski definition) is 7. The number of nitrogens with one attached hydrogen (secondary N) is 1. The van der Waals surface area contributed by atoms with Gasteiger partial charge in [-0.05, 0) is 37.3 Å². The summed E-state index contributed by atoms with van der Waals surface area (Å²) in [6.07, 6.45) is -0.852. The van der Waals surface area contributed by atoms with E-state index in [9.17, 15) is 18.8 Å². The molecule has 34 heavy (non-hydrogen) atoms. The van der Waals surface area contributed by atoms with E-state index in [-0.39, 0.29) is 23.1 Å². The topological polar surface area (TPSA) is 98.1 Å². The van der Waals surface area contributed by atoms with E-state index in [0.717, 1.165) is 0 Å². The van der Waals surface area contributed by atoms with Crippen molar-refractivity contribution in [2.45, 2.75) is 19.1 Å². The Labute approximate surface area is 199 Å². The molecular formula is C24H22ClFN2O6. The van der Waals surface area contributed by atoms with E-state index in [1.807, 2.05) is 0 Å². The predicted octanol–water partition coefficient (Wildman–Crippen LogP) is 2.99. The van der Waals surface area contributed by atoms with E-state index in [2.05, 4.69) is 5.32 Å². The summed E-state index contributed by atoms with van der Waals surface area (Å²) in [6.45, 7) is 2.66. The average Bonchev–Trinajstić information content (AvgIpc) is 2.82. The quantitative estimate of drug-likeness (QED) is 0.435. The molecule has 8 nitrogen and oxygen atoms in total. The second kappa shape index (κ2) is 9.82. The maximum absolute atomic E-state index is 13.5. The Bertz CT molecular complexity index is 1310. The SMILES string of the molecule is COC(=O)[C@H]1CN(C(=O)[C@@H](C)Oc2ccc3c(-c4ccc(F)cc4Cl)cc(=O)oc3c2)CCN1. The van der Waals surface area contributed by atoms with Gasteiger partial charge in [-0.25, -0.2) is 9.18 Å². The van der Waals surface area contributed by atoms with Gasteiger partial charge in [0.15, 0.2) is 6.10 Å². The Morgan fingerprint density at radius 1 is 1.21 bits per heavy atom. The van der Waals surface area contributed by atoms with Crippen molar-refractivity contribution >= 4 is 34.4 Å². The van der Waals surface area contributed by atoms with Gasteiger partial charge in [0, 0.05) is 48.3 Å². The highest BCUT2D eigenvalue weighted by atomic mass is 35.5. The van der Waals surface area contributed by atoms with E-state index in [4.69, 9.17) is 25.5 Å². The van der Waals surface area contributed by atoms with E-state index in [1.165, 1.54) is 37.4 Å². The lowest BCUT2D eigenvalue weighted by Gasteiger charge is -2.33. The molecule has 4 rings (SSSR count). The van der Waals surface area contributed by atoms with Crippen LogP contribution in [0.25, 0.3) is 22.1 Å². The van der Waals surface area contributed by atoms with E-state index in [1.54, 1.807) is 24.0 Å². The normalized spacial score (nSPS) is 16.8. The molecular weight excluding hydrogens is 467 g/mol. The third-order valence-corrected chi connectivity index (χ3v) is 5.88. The lowest BCUT2D eigenvalue weighted by atomic mass is 10.0. The van der Waals surface area contributed by atoms with Gasteiger partial charge in [0.25, 0.3) is 5.91 Å². The minimum absolute atomic E-state index is 0.160. The number of nitrogens with zero attached hydrogens (tertiary/aromatic N) is 1. The van der Waals surface area contributed by atoms with Crippen molar-refractivity contribution in [2.75, 3.05) is 26.7 Å². The number of rotatable bonds is 5. The molecule has 2 aromatic carbocycles. The monoisotopic (exact) mass is 488 g/mol. The van der Waals surface area contributed by atoms with Gasteiger partial charge in [0.2, 0.25) is 0 Å². The summed E-state index contributed by atoms with van der Waals surface area (Å²) in [4.78, 5) is 38.4. The van der Waals surface area contributed by atoms with Crippen LogP contribution in [0.15, 0.2) is 51.7 Å². The molecule has 178 valence electrons. The summed E-state index contributed by atoms with van der Waals surface area (Å²) in [5.74, 6) is -0.896. The van der Waals surface area contributed by atoms with Crippen LogP contribution in [0.5, 0.6) is 5.75 Å². The van der Waals surface area contributed by atoms with Crippen LogP contribution in [0.2, 0.25) is 5.02 Å². The molecule has 2 heterocycles. The van der Waals surface area contributed by atoms with Gasteiger partial charge in [-0.2, -0.15) is 0 Å². The number of hydrogen-bond donors (Lipinski definition) is 1. The van der Waals surface area contributed by atoms with Crippen LogP contribution in [0, 0.1) is 5.82 Å². The molecule has 0 aliphatic carbocycles. The number of fused-ring (bicyclic) bond motifs is 1. The molecule has 2 atom stereocenters. The molecule has 0 unspecified atom stereocenters. The van der Waals surface area contributed by atoms with E-state index >= 15 is 0 Å². The second-order valence-electron chi connectivity index (χ2n) is 7.84. The lowest BCUT2D eigenvalue weighted by Crippen LogP contribution is -2.57. The number of halogens is 2. The van der Waals surface area contributed by atoms with Crippen LogP contribution in [-0.4, -0.2) is 55.7 Å². The van der Waals surface area contributed by atoms with Crippen LogP contribution in [0.4, 0.5) is 4.39 Å². The third kappa shape index (κ3) is 4.90. The fourth-order valence-corrected chi connectivity index (χ4v) is 4.18. The molecule has 1 saturated heterocycles. The first-order chi connectivity index (χ1) is 16.3. The number of piperazine rings is 1. The maximum atomic E-state index is 13.5. The van der Waals surface area contributed by atoms with Gasteiger partial charge in [-0.3, -0.25) is 9.59 Å². The highest BCUT2D eigenvalue weighted by Gasteiger charge is 2.31. The first-order valence-corrected chi connectivity index (χ1v) is 10.9. The van der Waals surface area contributed by atoms with Gasteiger partial charge >= 0.3 is 11.6 Å². The first-order valence-electron chi connectivity index (χ1n) is 10.6. The van der Waals surface area contributed by atoms with Crippen LogP contribution in [0.3, 0.4) is 0 Å². The summed E-state index contributed by atoms with van der Waals surface area (Å²) in [6, 6.07) is 9.44. The van der Waals surface area contributed by atoms with Gasteiger partial charge in [-0.1, -0.05) is 11.6 Å². The van der Waals surface area contributed by atoms with Crippen LogP contribution in [0.1, 0.15) is 6.92 Å². The number of ether oxygens (including phenoxy) is 2. The molecule has 0 bridgehead atoms. The zero-order valence-electron chi connectivity index (χ0n) is 18.5. The highest BCUT2D eigenvalue weighted by Crippen LogP contribution is 2.34. The zero-order chi connectivity index (χ0) is 24.4. The zero-order valence-corrected chi connectivity index (χ0v) is 19.2. The lowest BCUT2D eigenvalue weighted by molar-refractivity contribution is -0.147. The van der Waals surface area contributed by atoms with Crippen molar-refractivity contribution in [1.29, 1.82) is 0 Å². The number of carbonyl (C=O) groups excluding carboxylic acids is 2. The van der Waals surface area contributed by atoms with Crippen molar-refractivity contribution in [2.24, 2.45) is 0 Å². The van der Waals surface area contributed by atoms with Crippen LogP contribution >= 0.6 is 11.6 Å². The highest BCUT2D eigenvalue weighted by molar-refractivity contribution is 6.33. The second-order valence-corrected chi connectivity index (χ2v) is 8.24. The minimum atomic E-state index is -0.852. The summed E-state index contributed by atoms with van der Waals surface area (Å²) in [5.41, 5.74) is 0.588. The largest absolute Gasteiger partial charge is 0.481 e. The molecule has 1 aliphatic heterocycles. The molecule has 1 fully saturated rings. The summed E-state index contributed by atoms with van der Waals surface area (Å²) in [5, 5.41) is 3.74. The smallest absolute Gasteiger partial charge is 0.336 e. The van der Waals surface area contributed by atoms with Crippen LogP contribution in [-0.2, 0) is 14.3 Å². The van der Waals surface area contributed by atoms with Crippen molar-refractivity contribution in [3.8, 4) is 16.9 Å². The molecule has 0 radical (unpaired) electrons. The number of methoxy groups -OCH3 is 1. The number of benzene rings is 2. The Morgan fingerprint density at radius 3 is 2.74 bits per heavy atom. The average molecular weight is 489 g/mol. The number of carbonyl (C=O) groups is 2. The Kier molecular flexibility index (Phi) is 6.85. The van der Waals surface area contributed by atoms with Gasteiger partial charge < -0.3 is 24.1 Å². The van der Waals surface area contributed by atoms with Crippen molar-refractivity contribution < 1.29 is 27.9 Å². The summed E-state index contributed by atoms with van der Waals surface area (Å²) < 4.78 is 29.4. The molecule has 10 heteroatoms.